The number of furan rings is 1. The van der Waals surface area contributed by atoms with Crippen LogP contribution in [0.4, 0.5) is 4.79 Å². The maximum atomic E-state index is 11.9. The fourth-order valence-electron chi connectivity index (χ4n) is 2.54. The van der Waals surface area contributed by atoms with Crippen molar-refractivity contribution < 1.29 is 14.3 Å². The lowest BCUT2D eigenvalue weighted by molar-refractivity contribution is 0.206. The lowest BCUT2D eigenvalue weighted by Gasteiger charge is -2.18. The second-order valence-electron chi connectivity index (χ2n) is 5.98. The van der Waals surface area contributed by atoms with Crippen molar-refractivity contribution in [3.05, 3.63) is 35.6 Å². The zero-order valence-electron chi connectivity index (χ0n) is 13.3. The van der Waals surface area contributed by atoms with E-state index in [1.54, 1.807) is 0 Å². The Labute approximate surface area is 130 Å². The van der Waals surface area contributed by atoms with Crippen molar-refractivity contribution in [2.24, 2.45) is 5.92 Å². The number of benzene rings is 1. The van der Waals surface area contributed by atoms with Crippen molar-refractivity contribution in [2.75, 3.05) is 6.61 Å². The van der Waals surface area contributed by atoms with Crippen LogP contribution in [0.3, 0.4) is 0 Å². The number of amides is 2. The molecule has 1 aromatic carbocycles. The first-order valence-electron chi connectivity index (χ1n) is 7.63. The maximum absolute atomic E-state index is 11.9. The molecule has 0 spiro atoms. The summed E-state index contributed by atoms with van der Waals surface area (Å²) in [5.74, 6) is 1.16. The van der Waals surface area contributed by atoms with Crippen LogP contribution < -0.4 is 10.6 Å². The molecule has 0 saturated heterocycles. The molecule has 0 aliphatic heterocycles. The van der Waals surface area contributed by atoms with Crippen LogP contribution in [-0.2, 0) is 6.54 Å². The summed E-state index contributed by atoms with van der Waals surface area (Å²) in [6, 6.07) is 7.29. The smallest absolute Gasteiger partial charge is 0.315 e. The van der Waals surface area contributed by atoms with Gasteiger partial charge in [0.05, 0.1) is 19.2 Å². The molecule has 1 unspecified atom stereocenters. The summed E-state index contributed by atoms with van der Waals surface area (Å²) < 4.78 is 5.75. The Morgan fingerprint density at radius 1 is 1.32 bits per heavy atom. The first kappa shape index (κ1) is 16.4. The minimum absolute atomic E-state index is 0.0603. The largest absolute Gasteiger partial charge is 0.459 e. The number of carbonyl (C=O) groups is 1. The number of carbonyl (C=O) groups excluding carboxylic acids is 1. The molecule has 22 heavy (non-hydrogen) atoms. The molecule has 120 valence electrons. The molecule has 3 N–H and O–H groups in total. The van der Waals surface area contributed by atoms with Gasteiger partial charge in [0.15, 0.2) is 0 Å². The van der Waals surface area contributed by atoms with E-state index < -0.39 is 0 Å². The Balaban J connectivity index is 1.93. The minimum Gasteiger partial charge on any atom is -0.459 e. The quantitative estimate of drug-likeness (QED) is 0.768. The number of para-hydroxylation sites is 1. The molecule has 0 aliphatic carbocycles. The average Bonchev–Trinajstić information content (AvgIpc) is 2.81. The first-order valence-corrected chi connectivity index (χ1v) is 7.63. The van der Waals surface area contributed by atoms with E-state index in [2.05, 4.69) is 24.5 Å². The highest BCUT2D eigenvalue weighted by Gasteiger charge is 2.14. The second kappa shape index (κ2) is 7.31. The molecular formula is C17H24N2O3. The predicted molar refractivity (Wildman–Crippen MR) is 86.7 cm³/mol. The number of nitrogens with one attached hydrogen (secondary N) is 2. The lowest BCUT2D eigenvalue weighted by Crippen LogP contribution is -2.44. The summed E-state index contributed by atoms with van der Waals surface area (Å²) in [4.78, 5) is 11.9. The third kappa shape index (κ3) is 4.01. The molecule has 0 radical (unpaired) electrons. The van der Waals surface area contributed by atoms with Gasteiger partial charge in [-0.25, -0.2) is 4.79 Å². The molecule has 1 heterocycles. The van der Waals surface area contributed by atoms with Gasteiger partial charge in [-0.05, 0) is 25.3 Å². The predicted octanol–water partition coefficient (Wildman–Crippen LogP) is 2.95. The Kier molecular flexibility index (Phi) is 5.44. The molecule has 5 heteroatoms. The Hall–Kier alpha value is -2.01. The number of urea groups is 1. The van der Waals surface area contributed by atoms with E-state index in [1.807, 2.05) is 31.2 Å². The van der Waals surface area contributed by atoms with Crippen molar-refractivity contribution in [1.29, 1.82) is 0 Å². The number of rotatable bonds is 6. The van der Waals surface area contributed by atoms with Gasteiger partial charge < -0.3 is 20.2 Å². The zero-order valence-corrected chi connectivity index (χ0v) is 13.3. The van der Waals surface area contributed by atoms with E-state index in [0.717, 1.165) is 28.7 Å². The van der Waals surface area contributed by atoms with Gasteiger partial charge in [-0.15, -0.1) is 0 Å². The first-order chi connectivity index (χ1) is 10.5. The van der Waals surface area contributed by atoms with E-state index in [1.165, 1.54) is 0 Å². The summed E-state index contributed by atoms with van der Waals surface area (Å²) in [5, 5.41) is 15.9. The SMILES string of the molecule is Cc1c(CNC(=O)NC(CO)CC(C)C)oc2ccccc12. The van der Waals surface area contributed by atoms with Gasteiger partial charge >= 0.3 is 6.03 Å². The molecule has 2 rings (SSSR count). The summed E-state index contributed by atoms with van der Waals surface area (Å²) in [6.45, 7) is 6.36. The zero-order chi connectivity index (χ0) is 16.1. The minimum atomic E-state index is -0.292. The second-order valence-corrected chi connectivity index (χ2v) is 5.98. The van der Waals surface area contributed by atoms with Crippen LogP contribution in [-0.4, -0.2) is 23.8 Å². The highest BCUT2D eigenvalue weighted by atomic mass is 16.3. The van der Waals surface area contributed by atoms with E-state index >= 15 is 0 Å². The molecule has 0 saturated carbocycles. The average molecular weight is 304 g/mol. The summed E-state index contributed by atoms with van der Waals surface area (Å²) >= 11 is 0. The summed E-state index contributed by atoms with van der Waals surface area (Å²) in [5.41, 5.74) is 1.86. The molecule has 2 amide bonds. The van der Waals surface area contributed by atoms with Crippen molar-refractivity contribution in [3.8, 4) is 0 Å². The third-order valence-electron chi connectivity index (χ3n) is 3.66. The third-order valence-corrected chi connectivity index (χ3v) is 3.66. The van der Waals surface area contributed by atoms with E-state index in [9.17, 15) is 9.90 Å². The fourth-order valence-corrected chi connectivity index (χ4v) is 2.54. The van der Waals surface area contributed by atoms with Crippen LogP contribution in [0.15, 0.2) is 28.7 Å². The number of aliphatic hydroxyl groups excluding tert-OH is 1. The highest BCUT2D eigenvalue weighted by molar-refractivity contribution is 5.82. The van der Waals surface area contributed by atoms with Gasteiger partial charge in [0.1, 0.15) is 11.3 Å². The maximum Gasteiger partial charge on any atom is 0.315 e. The van der Waals surface area contributed by atoms with Crippen LogP contribution in [0.2, 0.25) is 0 Å². The topological polar surface area (TPSA) is 74.5 Å². The van der Waals surface area contributed by atoms with Crippen molar-refractivity contribution in [1.82, 2.24) is 10.6 Å². The van der Waals surface area contributed by atoms with E-state index in [0.29, 0.717) is 12.5 Å². The Morgan fingerprint density at radius 3 is 2.68 bits per heavy atom. The van der Waals surface area contributed by atoms with Crippen LogP contribution in [0.5, 0.6) is 0 Å². The Bertz CT molecular complexity index is 634. The molecular weight excluding hydrogens is 280 g/mol. The number of aliphatic hydroxyl groups is 1. The normalized spacial score (nSPS) is 12.6. The van der Waals surface area contributed by atoms with Gasteiger partial charge in [-0.3, -0.25) is 0 Å². The summed E-state index contributed by atoms with van der Waals surface area (Å²) in [6.07, 6.45) is 0.744. The Morgan fingerprint density at radius 2 is 2.05 bits per heavy atom. The standard InChI is InChI=1S/C17H24N2O3/c1-11(2)8-13(10-20)19-17(21)18-9-16-12(3)14-6-4-5-7-15(14)22-16/h4-7,11,13,20H,8-10H2,1-3H3,(H2,18,19,21). The van der Waals surface area contributed by atoms with Crippen molar-refractivity contribution >= 4 is 17.0 Å². The van der Waals surface area contributed by atoms with Gasteiger partial charge in [0.25, 0.3) is 0 Å². The molecule has 0 aliphatic rings. The van der Waals surface area contributed by atoms with Crippen molar-refractivity contribution in [3.63, 3.8) is 0 Å². The van der Waals surface area contributed by atoms with Crippen LogP contribution in [0, 0.1) is 12.8 Å². The van der Waals surface area contributed by atoms with Crippen LogP contribution >= 0.6 is 0 Å². The van der Waals surface area contributed by atoms with E-state index in [-0.39, 0.29) is 18.7 Å². The van der Waals surface area contributed by atoms with Gasteiger partial charge in [-0.2, -0.15) is 0 Å². The number of hydrogen-bond donors (Lipinski definition) is 3. The van der Waals surface area contributed by atoms with Crippen LogP contribution in [0.1, 0.15) is 31.6 Å². The van der Waals surface area contributed by atoms with Gasteiger partial charge in [-0.1, -0.05) is 32.0 Å². The molecule has 1 aromatic heterocycles. The van der Waals surface area contributed by atoms with Gasteiger partial charge in [0.2, 0.25) is 0 Å². The molecule has 1 atom stereocenters. The molecule has 2 aromatic rings. The number of fused-ring (bicyclic) bond motifs is 1. The van der Waals surface area contributed by atoms with Crippen LogP contribution in [0.25, 0.3) is 11.0 Å². The molecule has 0 fully saturated rings. The lowest BCUT2D eigenvalue weighted by atomic mass is 10.0. The molecule has 5 nitrogen and oxygen atoms in total. The highest BCUT2D eigenvalue weighted by Crippen LogP contribution is 2.24. The van der Waals surface area contributed by atoms with Crippen molar-refractivity contribution in [2.45, 2.75) is 39.8 Å². The monoisotopic (exact) mass is 304 g/mol. The van der Waals surface area contributed by atoms with Gasteiger partial charge in [0, 0.05) is 10.9 Å². The summed E-state index contributed by atoms with van der Waals surface area (Å²) in [7, 11) is 0. The fraction of sp³-hybridized carbons (Fsp3) is 0.471. The number of hydrogen-bond acceptors (Lipinski definition) is 3. The number of aryl methyl sites for hydroxylation is 1. The van der Waals surface area contributed by atoms with E-state index in [4.69, 9.17) is 4.42 Å². The molecule has 0 bridgehead atoms.